The summed E-state index contributed by atoms with van der Waals surface area (Å²) in [5.74, 6) is 2.50. The number of hydrogen-bond acceptors (Lipinski definition) is 4. The van der Waals surface area contributed by atoms with Crippen LogP contribution in [0.5, 0.6) is 17.2 Å². The second-order valence-electron chi connectivity index (χ2n) is 5.84. The van der Waals surface area contributed by atoms with Gasteiger partial charge in [0.05, 0.1) is 20.8 Å². The first kappa shape index (κ1) is 20.0. The van der Waals surface area contributed by atoms with Crippen molar-refractivity contribution in [3.05, 3.63) is 53.1 Å². The third-order valence-corrected chi connectivity index (χ3v) is 4.74. The molecule has 27 heavy (non-hydrogen) atoms. The van der Waals surface area contributed by atoms with Gasteiger partial charge in [0.25, 0.3) is 0 Å². The topological polar surface area (TPSA) is 36.9 Å². The number of methoxy groups -OCH3 is 2. The van der Waals surface area contributed by atoms with Crippen LogP contribution in [-0.4, -0.2) is 24.6 Å². The summed E-state index contributed by atoms with van der Waals surface area (Å²) in [5.41, 5.74) is 2.39. The third-order valence-electron chi connectivity index (χ3n) is 4.15. The SMILES string of the molecule is CCOc1ccc(C2=Cc3cc(OC)c(OC)cc3C(C(Cl)(Cl)Cl)O2)cc1. The summed E-state index contributed by atoms with van der Waals surface area (Å²) in [7, 11) is 3.13. The minimum absolute atomic E-state index is 0.539. The summed E-state index contributed by atoms with van der Waals surface area (Å²) in [6.45, 7) is 2.54. The van der Waals surface area contributed by atoms with E-state index in [0.29, 0.717) is 29.4 Å². The molecule has 0 saturated heterocycles. The Kier molecular flexibility index (Phi) is 5.99. The molecule has 7 heteroatoms. The first-order valence-electron chi connectivity index (χ1n) is 8.31. The molecule has 0 fully saturated rings. The number of ether oxygens (including phenoxy) is 4. The lowest BCUT2D eigenvalue weighted by Crippen LogP contribution is -2.23. The Bertz CT molecular complexity index is 842. The molecule has 1 aliphatic heterocycles. The number of halogens is 3. The molecule has 1 heterocycles. The molecule has 1 unspecified atom stereocenters. The predicted octanol–water partition coefficient (Wildman–Crippen LogP) is 6.04. The molecule has 1 atom stereocenters. The van der Waals surface area contributed by atoms with Gasteiger partial charge >= 0.3 is 0 Å². The Morgan fingerprint density at radius 3 is 2.19 bits per heavy atom. The molecule has 1 aliphatic rings. The van der Waals surface area contributed by atoms with E-state index in [1.54, 1.807) is 20.3 Å². The normalized spacial score (nSPS) is 16.1. The number of alkyl halides is 3. The molecule has 0 amide bonds. The van der Waals surface area contributed by atoms with Gasteiger partial charge in [0.1, 0.15) is 11.5 Å². The van der Waals surface area contributed by atoms with Gasteiger partial charge in [0.15, 0.2) is 17.6 Å². The third kappa shape index (κ3) is 4.23. The van der Waals surface area contributed by atoms with Gasteiger partial charge in [0.2, 0.25) is 3.79 Å². The molecule has 2 aromatic carbocycles. The molecule has 0 bridgehead atoms. The lowest BCUT2D eigenvalue weighted by molar-refractivity contribution is 0.170. The lowest BCUT2D eigenvalue weighted by atomic mass is 9.97. The van der Waals surface area contributed by atoms with E-state index in [4.69, 9.17) is 53.8 Å². The number of hydrogen-bond donors (Lipinski definition) is 0. The summed E-state index contributed by atoms with van der Waals surface area (Å²) in [6.07, 6.45) is 1.09. The molecule has 4 nitrogen and oxygen atoms in total. The quantitative estimate of drug-likeness (QED) is 0.543. The minimum Gasteiger partial charge on any atom is -0.494 e. The van der Waals surface area contributed by atoms with Crippen LogP contribution in [0.1, 0.15) is 29.7 Å². The van der Waals surface area contributed by atoms with Gasteiger partial charge in [-0.15, -0.1) is 0 Å². The molecule has 0 spiro atoms. The molecule has 0 radical (unpaired) electrons. The molecule has 0 N–H and O–H groups in total. The fourth-order valence-corrected chi connectivity index (χ4v) is 3.39. The van der Waals surface area contributed by atoms with Crippen LogP contribution in [0, 0.1) is 0 Å². The summed E-state index contributed by atoms with van der Waals surface area (Å²) in [5, 5.41) is 0. The molecule has 3 rings (SSSR count). The highest BCUT2D eigenvalue weighted by atomic mass is 35.6. The summed E-state index contributed by atoms with van der Waals surface area (Å²) in [6, 6.07) is 11.2. The van der Waals surface area contributed by atoms with Crippen molar-refractivity contribution < 1.29 is 18.9 Å². The van der Waals surface area contributed by atoms with E-state index < -0.39 is 9.90 Å². The average molecular weight is 430 g/mol. The highest BCUT2D eigenvalue weighted by Gasteiger charge is 2.40. The van der Waals surface area contributed by atoms with Crippen molar-refractivity contribution in [2.75, 3.05) is 20.8 Å². The van der Waals surface area contributed by atoms with Crippen LogP contribution in [-0.2, 0) is 4.74 Å². The van der Waals surface area contributed by atoms with Gasteiger partial charge in [-0.2, -0.15) is 0 Å². The van der Waals surface area contributed by atoms with Crippen molar-refractivity contribution in [2.24, 2.45) is 0 Å². The van der Waals surface area contributed by atoms with Gasteiger partial charge in [-0.3, -0.25) is 0 Å². The minimum atomic E-state index is -1.67. The van der Waals surface area contributed by atoms with E-state index in [1.807, 2.05) is 43.3 Å². The van der Waals surface area contributed by atoms with E-state index in [9.17, 15) is 0 Å². The van der Waals surface area contributed by atoms with Gasteiger partial charge in [-0.25, -0.2) is 0 Å². The van der Waals surface area contributed by atoms with Crippen LogP contribution in [0.3, 0.4) is 0 Å². The summed E-state index contributed by atoms with van der Waals surface area (Å²) >= 11 is 18.6. The van der Waals surface area contributed by atoms with Crippen molar-refractivity contribution in [1.82, 2.24) is 0 Å². The molecule has 2 aromatic rings. The monoisotopic (exact) mass is 428 g/mol. The van der Waals surface area contributed by atoms with E-state index in [2.05, 4.69) is 0 Å². The molecule has 0 aromatic heterocycles. The highest BCUT2D eigenvalue weighted by Crippen LogP contribution is 2.50. The van der Waals surface area contributed by atoms with Crippen LogP contribution in [0.15, 0.2) is 36.4 Å². The summed E-state index contributed by atoms with van der Waals surface area (Å²) in [4.78, 5) is 0. The Labute approximate surface area is 173 Å². The van der Waals surface area contributed by atoms with Gasteiger partial charge in [-0.1, -0.05) is 34.8 Å². The Hall–Kier alpha value is -1.75. The van der Waals surface area contributed by atoms with Crippen molar-refractivity contribution in [3.63, 3.8) is 0 Å². The van der Waals surface area contributed by atoms with Gasteiger partial charge < -0.3 is 18.9 Å². The average Bonchev–Trinajstić information content (AvgIpc) is 2.66. The van der Waals surface area contributed by atoms with E-state index in [1.165, 1.54) is 0 Å². The maximum atomic E-state index is 6.21. The number of benzene rings is 2. The fraction of sp³-hybridized carbons (Fsp3) is 0.300. The first-order chi connectivity index (χ1) is 12.9. The van der Waals surface area contributed by atoms with E-state index in [0.717, 1.165) is 16.9 Å². The predicted molar refractivity (Wildman–Crippen MR) is 109 cm³/mol. The zero-order chi connectivity index (χ0) is 19.6. The van der Waals surface area contributed by atoms with Gasteiger partial charge in [-0.05, 0) is 55.0 Å². The smallest absolute Gasteiger partial charge is 0.231 e. The number of rotatable bonds is 5. The second kappa shape index (κ2) is 8.09. The highest BCUT2D eigenvalue weighted by molar-refractivity contribution is 6.68. The fourth-order valence-electron chi connectivity index (χ4n) is 2.90. The Balaban J connectivity index is 2.08. The number of fused-ring (bicyclic) bond motifs is 1. The molecular formula is C20H19Cl3O4. The van der Waals surface area contributed by atoms with Gasteiger partial charge in [0, 0.05) is 11.1 Å². The largest absolute Gasteiger partial charge is 0.494 e. The van der Waals surface area contributed by atoms with Crippen molar-refractivity contribution in [2.45, 2.75) is 16.8 Å². The Morgan fingerprint density at radius 1 is 1.00 bits per heavy atom. The van der Waals surface area contributed by atoms with Crippen molar-refractivity contribution in [3.8, 4) is 17.2 Å². The van der Waals surface area contributed by atoms with Crippen LogP contribution in [0.2, 0.25) is 0 Å². The van der Waals surface area contributed by atoms with Crippen LogP contribution in [0.25, 0.3) is 11.8 Å². The molecular weight excluding hydrogens is 411 g/mol. The van der Waals surface area contributed by atoms with E-state index >= 15 is 0 Å². The van der Waals surface area contributed by atoms with Crippen LogP contribution in [0.4, 0.5) is 0 Å². The maximum Gasteiger partial charge on any atom is 0.231 e. The Morgan fingerprint density at radius 2 is 1.63 bits per heavy atom. The molecule has 144 valence electrons. The zero-order valence-electron chi connectivity index (χ0n) is 15.1. The first-order valence-corrected chi connectivity index (χ1v) is 9.45. The maximum absolute atomic E-state index is 6.21. The summed E-state index contributed by atoms with van der Waals surface area (Å²) < 4.78 is 20.6. The van der Waals surface area contributed by atoms with Crippen molar-refractivity contribution >= 4 is 46.6 Å². The zero-order valence-corrected chi connectivity index (χ0v) is 17.4. The second-order valence-corrected chi connectivity index (χ2v) is 8.21. The molecule has 0 saturated carbocycles. The lowest BCUT2D eigenvalue weighted by Gasteiger charge is -2.32. The van der Waals surface area contributed by atoms with Crippen LogP contribution < -0.4 is 14.2 Å². The van der Waals surface area contributed by atoms with Crippen LogP contribution >= 0.6 is 34.8 Å². The van der Waals surface area contributed by atoms with E-state index in [-0.39, 0.29) is 0 Å². The standard InChI is InChI=1S/C20H19Cl3O4/c1-4-26-14-7-5-12(6-8-14)16-9-13-10-17(24-2)18(25-3)11-15(13)19(27-16)20(21,22)23/h5-11,19H,4H2,1-3H3. The molecule has 0 aliphatic carbocycles. The van der Waals surface area contributed by atoms with Crippen molar-refractivity contribution in [1.29, 1.82) is 0 Å².